The van der Waals surface area contributed by atoms with Crippen molar-refractivity contribution in [3.05, 3.63) is 78.4 Å². The smallest absolute Gasteiger partial charge is 0.227 e. The Hall–Kier alpha value is -3.93. The van der Waals surface area contributed by atoms with Crippen molar-refractivity contribution in [2.24, 2.45) is 5.92 Å². The van der Waals surface area contributed by atoms with Gasteiger partial charge in [-0.3, -0.25) is 9.59 Å². The van der Waals surface area contributed by atoms with Gasteiger partial charge in [0.1, 0.15) is 5.52 Å². The molecule has 0 aliphatic carbocycles. The molecule has 2 heterocycles. The Morgan fingerprint density at radius 3 is 2.65 bits per heavy atom. The second-order valence-corrected chi connectivity index (χ2v) is 7.70. The molecule has 154 valence electrons. The van der Waals surface area contributed by atoms with Crippen molar-refractivity contribution in [1.82, 2.24) is 4.98 Å². The van der Waals surface area contributed by atoms with Crippen molar-refractivity contribution >= 4 is 34.3 Å². The lowest BCUT2D eigenvalue weighted by molar-refractivity contribution is -0.121. The van der Waals surface area contributed by atoms with Gasteiger partial charge >= 0.3 is 0 Å². The van der Waals surface area contributed by atoms with Crippen molar-refractivity contribution < 1.29 is 14.0 Å². The van der Waals surface area contributed by atoms with Crippen molar-refractivity contribution in [1.29, 1.82) is 0 Å². The normalized spacial score (nSPS) is 15.4. The molecule has 1 aliphatic rings. The number of hydrogen-bond acceptors (Lipinski definition) is 4. The highest BCUT2D eigenvalue weighted by molar-refractivity contribution is 5.96. The molecule has 6 heteroatoms. The van der Waals surface area contributed by atoms with Gasteiger partial charge in [-0.15, -0.1) is 0 Å². The molecule has 0 saturated heterocycles. The number of para-hydroxylation sites is 3. The molecule has 1 aromatic heterocycles. The van der Waals surface area contributed by atoms with Gasteiger partial charge in [0, 0.05) is 29.3 Å². The number of hydrogen-bond donors (Lipinski definition) is 2. The largest absolute Gasteiger partial charge is 0.436 e. The zero-order valence-corrected chi connectivity index (χ0v) is 16.8. The minimum absolute atomic E-state index is 0.0193. The summed E-state index contributed by atoms with van der Waals surface area (Å²) in [5, 5.41) is 5.83. The summed E-state index contributed by atoms with van der Waals surface area (Å²) in [7, 11) is 0. The lowest BCUT2D eigenvalue weighted by atomic mass is 9.89. The van der Waals surface area contributed by atoms with E-state index in [-0.39, 0.29) is 24.2 Å². The fourth-order valence-electron chi connectivity index (χ4n) is 3.87. The summed E-state index contributed by atoms with van der Waals surface area (Å²) < 4.78 is 5.78. The molecule has 0 bridgehead atoms. The molecular weight excluding hydrogens is 390 g/mol. The number of nitrogens with one attached hydrogen (secondary N) is 2. The van der Waals surface area contributed by atoms with Gasteiger partial charge in [-0.05, 0) is 60.9 Å². The maximum absolute atomic E-state index is 12.4. The summed E-state index contributed by atoms with van der Waals surface area (Å²) in [6.07, 6.45) is 1.45. The first-order valence-electron chi connectivity index (χ1n) is 10.3. The molecule has 2 amide bonds. The summed E-state index contributed by atoms with van der Waals surface area (Å²) in [4.78, 5) is 29.2. The summed E-state index contributed by atoms with van der Waals surface area (Å²) in [6.45, 7) is 0. The predicted octanol–water partition coefficient (Wildman–Crippen LogP) is 5.02. The number of rotatable bonds is 5. The van der Waals surface area contributed by atoms with Crippen LogP contribution >= 0.6 is 0 Å². The van der Waals surface area contributed by atoms with Crippen LogP contribution in [0.4, 0.5) is 11.4 Å². The van der Waals surface area contributed by atoms with Gasteiger partial charge in [-0.25, -0.2) is 4.98 Å². The Labute approximate surface area is 179 Å². The first-order chi connectivity index (χ1) is 15.2. The zero-order chi connectivity index (χ0) is 21.2. The van der Waals surface area contributed by atoms with Crippen LogP contribution in [0.5, 0.6) is 0 Å². The Bertz CT molecular complexity index is 1230. The Balaban J connectivity index is 1.19. The number of carbonyl (C=O) groups excluding carboxylic acids is 2. The minimum atomic E-state index is -0.192. The fourth-order valence-corrected chi connectivity index (χ4v) is 3.87. The van der Waals surface area contributed by atoms with Crippen LogP contribution in [-0.4, -0.2) is 16.8 Å². The first-order valence-corrected chi connectivity index (χ1v) is 10.3. The van der Waals surface area contributed by atoms with E-state index >= 15 is 0 Å². The molecule has 2 N–H and O–H groups in total. The van der Waals surface area contributed by atoms with Crippen LogP contribution in [0.25, 0.3) is 22.6 Å². The quantitative estimate of drug-likeness (QED) is 0.483. The van der Waals surface area contributed by atoms with Crippen molar-refractivity contribution in [3.63, 3.8) is 0 Å². The van der Waals surface area contributed by atoms with Gasteiger partial charge in [0.15, 0.2) is 5.58 Å². The van der Waals surface area contributed by atoms with Gasteiger partial charge in [0.25, 0.3) is 0 Å². The Kier molecular flexibility index (Phi) is 4.96. The molecule has 0 fully saturated rings. The van der Waals surface area contributed by atoms with Crippen molar-refractivity contribution in [3.8, 4) is 11.5 Å². The van der Waals surface area contributed by atoms with E-state index in [2.05, 4.69) is 15.6 Å². The lowest BCUT2D eigenvalue weighted by Crippen LogP contribution is -2.30. The third-order valence-electron chi connectivity index (χ3n) is 5.54. The van der Waals surface area contributed by atoms with E-state index in [1.54, 1.807) is 0 Å². The highest BCUT2D eigenvalue weighted by atomic mass is 16.3. The lowest BCUT2D eigenvalue weighted by Gasteiger charge is -2.24. The number of amides is 2. The van der Waals surface area contributed by atoms with Gasteiger partial charge in [-0.2, -0.15) is 0 Å². The topological polar surface area (TPSA) is 84.2 Å². The fraction of sp³-hybridized carbons (Fsp3) is 0.160. The van der Waals surface area contributed by atoms with Crippen LogP contribution in [0.15, 0.2) is 77.2 Å². The van der Waals surface area contributed by atoms with Gasteiger partial charge in [-0.1, -0.05) is 30.3 Å². The molecule has 1 atom stereocenters. The summed E-state index contributed by atoms with van der Waals surface area (Å²) in [5.41, 5.74) is 5.07. The van der Waals surface area contributed by atoms with Crippen LogP contribution in [0.1, 0.15) is 18.4 Å². The van der Waals surface area contributed by atoms with E-state index in [0.717, 1.165) is 27.9 Å². The Morgan fingerprint density at radius 1 is 1.03 bits per heavy atom. The second-order valence-electron chi connectivity index (χ2n) is 7.70. The number of fused-ring (bicyclic) bond motifs is 2. The predicted molar refractivity (Wildman–Crippen MR) is 120 cm³/mol. The van der Waals surface area contributed by atoms with Crippen LogP contribution in [0.3, 0.4) is 0 Å². The minimum Gasteiger partial charge on any atom is -0.436 e. The van der Waals surface area contributed by atoms with Gasteiger partial charge in [0.05, 0.1) is 0 Å². The van der Waals surface area contributed by atoms with E-state index in [1.807, 2.05) is 72.8 Å². The Morgan fingerprint density at radius 2 is 1.81 bits per heavy atom. The van der Waals surface area contributed by atoms with Crippen LogP contribution in [0.2, 0.25) is 0 Å². The second kappa shape index (κ2) is 8.07. The van der Waals surface area contributed by atoms with Gasteiger partial charge < -0.3 is 15.1 Å². The van der Waals surface area contributed by atoms with Crippen molar-refractivity contribution in [2.75, 3.05) is 10.6 Å². The zero-order valence-electron chi connectivity index (χ0n) is 16.8. The molecule has 31 heavy (non-hydrogen) atoms. The molecule has 0 saturated carbocycles. The number of benzene rings is 3. The molecule has 1 unspecified atom stereocenters. The number of anilines is 2. The number of nitrogens with zero attached hydrogens (tertiary/aromatic N) is 1. The standard InChI is InChI=1S/C25H21N3O3/c29-23(14-11-18-15-17-5-1-2-6-20(17)27-24(18)30)26-19-12-9-16(10-13-19)25-28-21-7-3-4-8-22(21)31-25/h1-10,12-13,18H,11,14-15H2,(H,26,29)(H,27,30). The first kappa shape index (κ1) is 19.1. The van der Waals surface area contributed by atoms with E-state index in [0.29, 0.717) is 24.4 Å². The summed E-state index contributed by atoms with van der Waals surface area (Å²) in [6, 6.07) is 22.8. The van der Waals surface area contributed by atoms with Crippen LogP contribution in [-0.2, 0) is 16.0 Å². The van der Waals surface area contributed by atoms with E-state index < -0.39 is 0 Å². The van der Waals surface area contributed by atoms with Gasteiger partial charge in [0.2, 0.25) is 17.7 Å². The highest BCUT2D eigenvalue weighted by Gasteiger charge is 2.26. The molecule has 1 aliphatic heterocycles. The third-order valence-corrected chi connectivity index (χ3v) is 5.54. The molecular formula is C25H21N3O3. The summed E-state index contributed by atoms with van der Waals surface area (Å²) >= 11 is 0. The monoisotopic (exact) mass is 411 g/mol. The average molecular weight is 411 g/mol. The highest BCUT2D eigenvalue weighted by Crippen LogP contribution is 2.28. The summed E-state index contributed by atoms with van der Waals surface area (Å²) in [5.74, 6) is 0.223. The van der Waals surface area contributed by atoms with E-state index in [4.69, 9.17) is 4.42 Å². The molecule has 3 aromatic carbocycles. The van der Waals surface area contributed by atoms with E-state index in [9.17, 15) is 9.59 Å². The number of carbonyl (C=O) groups is 2. The van der Waals surface area contributed by atoms with Crippen LogP contribution in [0, 0.1) is 5.92 Å². The maximum Gasteiger partial charge on any atom is 0.227 e. The number of aromatic nitrogens is 1. The van der Waals surface area contributed by atoms with Crippen molar-refractivity contribution in [2.45, 2.75) is 19.3 Å². The molecule has 6 nitrogen and oxygen atoms in total. The molecule has 0 spiro atoms. The SMILES string of the molecule is O=C(CCC1Cc2ccccc2NC1=O)Nc1ccc(-c2nc3ccccc3o2)cc1. The molecule has 4 aromatic rings. The average Bonchev–Trinajstić information content (AvgIpc) is 3.22. The van der Waals surface area contributed by atoms with E-state index in [1.165, 1.54) is 0 Å². The van der Waals surface area contributed by atoms with Crippen LogP contribution < -0.4 is 10.6 Å². The molecule has 5 rings (SSSR count). The third kappa shape index (κ3) is 4.05. The molecule has 0 radical (unpaired) electrons. The number of oxazole rings is 1. The maximum atomic E-state index is 12.4.